The number of hydrogen-bond donors (Lipinski definition) is 1. The molecule has 2 aromatic carbocycles. The number of anilines is 1. The molecular weight excluding hydrogens is 320 g/mol. The molecule has 128 valence electrons. The van der Waals surface area contributed by atoms with Crippen LogP contribution in [0.3, 0.4) is 0 Å². The molecule has 0 saturated heterocycles. The van der Waals surface area contributed by atoms with Crippen molar-refractivity contribution in [3.8, 4) is 11.5 Å². The van der Waals surface area contributed by atoms with Crippen LogP contribution < -0.4 is 14.8 Å². The second-order valence-corrected chi connectivity index (χ2v) is 4.65. The van der Waals surface area contributed by atoms with E-state index in [2.05, 4.69) is 10.1 Å². The zero-order valence-electron chi connectivity index (χ0n) is 13.0. The van der Waals surface area contributed by atoms with Crippen molar-refractivity contribution < 1.29 is 27.8 Å². The van der Waals surface area contributed by atoms with Crippen LogP contribution >= 0.6 is 0 Å². The summed E-state index contributed by atoms with van der Waals surface area (Å²) in [6, 6.07) is 13.1. The molecule has 0 saturated carbocycles. The van der Waals surface area contributed by atoms with Crippen LogP contribution in [0.25, 0.3) is 0 Å². The Morgan fingerprint density at radius 2 is 1.96 bits per heavy atom. The van der Waals surface area contributed by atoms with Gasteiger partial charge in [-0.05, 0) is 25.1 Å². The summed E-state index contributed by atoms with van der Waals surface area (Å²) in [4.78, 5) is 11.4. The standard InChI is InChI=1S/C17H17F2NO4/c1-2-22-17(21)20-13-7-5-8-14(10-13)23-11-12-6-3-4-9-15(12)24-16(18)19/h3-10,16H,2,11H2,1H3,(H,20,21). The van der Waals surface area contributed by atoms with Crippen LogP contribution in [0.1, 0.15) is 12.5 Å². The second kappa shape index (κ2) is 8.71. The molecule has 0 aromatic heterocycles. The lowest BCUT2D eigenvalue weighted by Crippen LogP contribution is -2.13. The zero-order chi connectivity index (χ0) is 17.4. The van der Waals surface area contributed by atoms with Gasteiger partial charge < -0.3 is 14.2 Å². The van der Waals surface area contributed by atoms with Crippen LogP contribution in [0.4, 0.5) is 19.3 Å². The van der Waals surface area contributed by atoms with Crippen LogP contribution in [0.15, 0.2) is 48.5 Å². The third-order valence-corrected chi connectivity index (χ3v) is 2.94. The van der Waals surface area contributed by atoms with Gasteiger partial charge in [0.25, 0.3) is 0 Å². The maximum absolute atomic E-state index is 12.4. The van der Waals surface area contributed by atoms with Gasteiger partial charge in [0, 0.05) is 17.3 Å². The minimum atomic E-state index is -2.90. The number of para-hydroxylation sites is 1. The van der Waals surface area contributed by atoms with E-state index in [1.165, 1.54) is 6.07 Å². The first-order valence-electron chi connectivity index (χ1n) is 7.28. The topological polar surface area (TPSA) is 56.8 Å². The van der Waals surface area contributed by atoms with Crippen LogP contribution in [0.5, 0.6) is 11.5 Å². The van der Waals surface area contributed by atoms with Gasteiger partial charge in [-0.15, -0.1) is 0 Å². The Labute approximate surface area is 138 Å². The molecular formula is C17H17F2NO4. The van der Waals surface area contributed by atoms with Crippen molar-refractivity contribution in [2.24, 2.45) is 0 Å². The second-order valence-electron chi connectivity index (χ2n) is 4.65. The Bertz CT molecular complexity index is 679. The Morgan fingerprint density at radius 3 is 2.71 bits per heavy atom. The molecule has 0 atom stereocenters. The Morgan fingerprint density at radius 1 is 1.17 bits per heavy atom. The van der Waals surface area contributed by atoms with E-state index >= 15 is 0 Å². The number of hydrogen-bond acceptors (Lipinski definition) is 4. The average molecular weight is 337 g/mol. The van der Waals surface area contributed by atoms with E-state index in [0.29, 0.717) is 17.0 Å². The molecule has 0 aliphatic rings. The SMILES string of the molecule is CCOC(=O)Nc1cccc(OCc2ccccc2OC(F)F)c1. The third kappa shape index (κ3) is 5.42. The van der Waals surface area contributed by atoms with Crippen molar-refractivity contribution in [2.75, 3.05) is 11.9 Å². The molecule has 0 unspecified atom stereocenters. The van der Waals surface area contributed by atoms with Gasteiger partial charge in [0.2, 0.25) is 0 Å². The minimum Gasteiger partial charge on any atom is -0.489 e. The van der Waals surface area contributed by atoms with Crippen LogP contribution in [-0.2, 0) is 11.3 Å². The van der Waals surface area contributed by atoms with Crippen molar-refractivity contribution >= 4 is 11.8 Å². The molecule has 7 heteroatoms. The van der Waals surface area contributed by atoms with E-state index in [4.69, 9.17) is 9.47 Å². The Hall–Kier alpha value is -2.83. The third-order valence-electron chi connectivity index (χ3n) is 2.94. The number of nitrogens with one attached hydrogen (secondary N) is 1. The molecule has 0 radical (unpaired) electrons. The van der Waals surface area contributed by atoms with E-state index in [9.17, 15) is 13.6 Å². The minimum absolute atomic E-state index is 0.0474. The number of benzene rings is 2. The molecule has 2 rings (SSSR count). The van der Waals surface area contributed by atoms with Gasteiger partial charge in [-0.1, -0.05) is 24.3 Å². The normalized spacial score (nSPS) is 10.3. The number of amides is 1. The van der Waals surface area contributed by atoms with Crippen molar-refractivity contribution in [1.29, 1.82) is 0 Å². The fourth-order valence-electron chi connectivity index (χ4n) is 1.94. The maximum atomic E-state index is 12.4. The molecule has 24 heavy (non-hydrogen) atoms. The molecule has 0 bridgehead atoms. The lowest BCUT2D eigenvalue weighted by atomic mass is 10.2. The fourth-order valence-corrected chi connectivity index (χ4v) is 1.94. The summed E-state index contributed by atoms with van der Waals surface area (Å²) in [6.07, 6.45) is -0.565. The Kier molecular flexibility index (Phi) is 6.36. The highest BCUT2D eigenvalue weighted by Crippen LogP contribution is 2.23. The number of halogens is 2. The molecule has 0 fully saturated rings. The fraction of sp³-hybridized carbons (Fsp3) is 0.235. The Balaban J connectivity index is 2.01. The van der Waals surface area contributed by atoms with Crippen molar-refractivity contribution in [2.45, 2.75) is 20.1 Å². The van der Waals surface area contributed by atoms with Crippen LogP contribution in [-0.4, -0.2) is 19.3 Å². The van der Waals surface area contributed by atoms with Crippen molar-refractivity contribution in [3.63, 3.8) is 0 Å². The molecule has 0 heterocycles. The molecule has 0 aliphatic heterocycles. The van der Waals surface area contributed by atoms with Crippen molar-refractivity contribution in [1.82, 2.24) is 0 Å². The molecule has 0 aliphatic carbocycles. The number of carbonyl (C=O) groups is 1. The monoisotopic (exact) mass is 337 g/mol. The average Bonchev–Trinajstić information content (AvgIpc) is 2.54. The maximum Gasteiger partial charge on any atom is 0.411 e. The first-order valence-corrected chi connectivity index (χ1v) is 7.28. The zero-order valence-corrected chi connectivity index (χ0v) is 13.0. The lowest BCUT2D eigenvalue weighted by molar-refractivity contribution is -0.0508. The van der Waals surface area contributed by atoms with Gasteiger partial charge >= 0.3 is 12.7 Å². The van der Waals surface area contributed by atoms with Gasteiger partial charge in [0.1, 0.15) is 18.1 Å². The van der Waals surface area contributed by atoms with Gasteiger partial charge in [-0.3, -0.25) is 5.32 Å². The summed E-state index contributed by atoms with van der Waals surface area (Å²) in [7, 11) is 0. The van der Waals surface area contributed by atoms with Gasteiger partial charge in [-0.2, -0.15) is 8.78 Å². The van der Waals surface area contributed by atoms with E-state index in [1.54, 1.807) is 49.4 Å². The summed E-state index contributed by atoms with van der Waals surface area (Å²) in [5.74, 6) is 0.532. The summed E-state index contributed by atoms with van der Waals surface area (Å²) < 4.78 is 39.6. The smallest absolute Gasteiger partial charge is 0.411 e. The van der Waals surface area contributed by atoms with E-state index in [-0.39, 0.29) is 19.0 Å². The number of carbonyl (C=O) groups excluding carboxylic acids is 1. The van der Waals surface area contributed by atoms with Crippen LogP contribution in [0.2, 0.25) is 0 Å². The summed E-state index contributed by atoms with van der Waals surface area (Å²) in [6.45, 7) is -0.879. The van der Waals surface area contributed by atoms with Crippen molar-refractivity contribution in [3.05, 3.63) is 54.1 Å². The summed E-state index contributed by atoms with van der Waals surface area (Å²) >= 11 is 0. The molecule has 2 aromatic rings. The van der Waals surface area contributed by atoms with Gasteiger partial charge in [0.05, 0.1) is 6.61 Å². The van der Waals surface area contributed by atoms with Gasteiger partial charge in [-0.25, -0.2) is 4.79 Å². The number of alkyl halides is 2. The molecule has 5 nitrogen and oxygen atoms in total. The van der Waals surface area contributed by atoms with Crippen LogP contribution in [0, 0.1) is 0 Å². The first-order chi connectivity index (χ1) is 11.6. The highest BCUT2D eigenvalue weighted by atomic mass is 19.3. The number of rotatable bonds is 7. The van der Waals surface area contributed by atoms with E-state index in [1.807, 2.05) is 0 Å². The highest BCUT2D eigenvalue weighted by molar-refractivity contribution is 5.84. The largest absolute Gasteiger partial charge is 0.489 e. The van der Waals surface area contributed by atoms with E-state index < -0.39 is 12.7 Å². The summed E-state index contributed by atoms with van der Waals surface area (Å²) in [5.41, 5.74) is 0.990. The predicted molar refractivity (Wildman–Crippen MR) is 84.5 cm³/mol. The quantitative estimate of drug-likeness (QED) is 0.812. The molecule has 1 amide bonds. The first kappa shape index (κ1) is 17.5. The van der Waals surface area contributed by atoms with Gasteiger partial charge in [0.15, 0.2) is 0 Å². The number of ether oxygens (including phenoxy) is 3. The lowest BCUT2D eigenvalue weighted by Gasteiger charge is -2.12. The summed E-state index contributed by atoms with van der Waals surface area (Å²) in [5, 5.41) is 2.55. The predicted octanol–water partition coefficient (Wildman–Crippen LogP) is 4.44. The highest BCUT2D eigenvalue weighted by Gasteiger charge is 2.10. The van der Waals surface area contributed by atoms with E-state index in [0.717, 1.165) is 0 Å². The molecule has 0 spiro atoms. The molecule has 1 N–H and O–H groups in total.